The summed E-state index contributed by atoms with van der Waals surface area (Å²) in [6, 6.07) is 6.08. The van der Waals surface area contributed by atoms with Crippen molar-refractivity contribution in [3.05, 3.63) is 45.9 Å². The molecule has 102 valence electrons. The molecule has 2 rings (SSSR count). The van der Waals surface area contributed by atoms with Crippen LogP contribution in [0.15, 0.2) is 29.6 Å². The first-order valence-corrected chi connectivity index (χ1v) is 6.56. The number of halogens is 2. The molecule has 0 amide bonds. The molecular weight excluding hydrogens is 272 g/mol. The van der Waals surface area contributed by atoms with Crippen molar-refractivity contribution in [2.75, 3.05) is 0 Å². The SMILES string of the molecule is Cc1nc(CC(O)c2cccc(OC(F)F)c2)cs1. The quantitative estimate of drug-likeness (QED) is 0.916. The summed E-state index contributed by atoms with van der Waals surface area (Å²) in [4.78, 5) is 4.25. The van der Waals surface area contributed by atoms with E-state index in [4.69, 9.17) is 0 Å². The van der Waals surface area contributed by atoms with Gasteiger partial charge in [0.15, 0.2) is 0 Å². The third kappa shape index (κ3) is 3.97. The summed E-state index contributed by atoms with van der Waals surface area (Å²) >= 11 is 1.51. The summed E-state index contributed by atoms with van der Waals surface area (Å²) in [6.07, 6.45) is -0.439. The number of benzene rings is 1. The zero-order chi connectivity index (χ0) is 13.8. The molecule has 1 heterocycles. The van der Waals surface area contributed by atoms with Crippen LogP contribution in [0, 0.1) is 6.92 Å². The van der Waals surface area contributed by atoms with Crippen LogP contribution in [0.5, 0.6) is 5.75 Å². The maximum atomic E-state index is 12.1. The predicted molar refractivity (Wildman–Crippen MR) is 68.6 cm³/mol. The average Bonchev–Trinajstić information content (AvgIpc) is 2.74. The number of aryl methyl sites for hydroxylation is 1. The van der Waals surface area contributed by atoms with E-state index in [1.54, 1.807) is 12.1 Å². The van der Waals surface area contributed by atoms with E-state index < -0.39 is 12.7 Å². The molecule has 1 N–H and O–H groups in total. The molecule has 0 aliphatic carbocycles. The smallest absolute Gasteiger partial charge is 0.387 e. The Morgan fingerprint density at radius 1 is 1.42 bits per heavy atom. The van der Waals surface area contributed by atoms with Gasteiger partial charge in [0, 0.05) is 11.8 Å². The van der Waals surface area contributed by atoms with Crippen LogP contribution in [0.4, 0.5) is 8.78 Å². The number of nitrogens with zero attached hydrogens (tertiary/aromatic N) is 1. The molecule has 0 saturated carbocycles. The molecule has 0 aliphatic rings. The van der Waals surface area contributed by atoms with E-state index in [1.807, 2.05) is 12.3 Å². The van der Waals surface area contributed by atoms with E-state index in [9.17, 15) is 13.9 Å². The number of aromatic nitrogens is 1. The first-order chi connectivity index (χ1) is 9.04. The van der Waals surface area contributed by atoms with Gasteiger partial charge in [0.25, 0.3) is 0 Å². The van der Waals surface area contributed by atoms with Gasteiger partial charge in [-0.1, -0.05) is 12.1 Å². The standard InChI is InChI=1S/C13H13F2NO2S/c1-8-16-10(7-19-8)6-12(17)9-3-2-4-11(5-9)18-13(14)15/h2-5,7,12-13,17H,6H2,1H3. The van der Waals surface area contributed by atoms with E-state index >= 15 is 0 Å². The van der Waals surface area contributed by atoms with Gasteiger partial charge in [-0.25, -0.2) is 4.98 Å². The van der Waals surface area contributed by atoms with E-state index in [-0.39, 0.29) is 5.75 Å². The van der Waals surface area contributed by atoms with Gasteiger partial charge in [0.05, 0.1) is 16.8 Å². The second-order valence-corrected chi connectivity index (χ2v) is 5.09. The summed E-state index contributed by atoms with van der Waals surface area (Å²) < 4.78 is 28.5. The highest BCUT2D eigenvalue weighted by Gasteiger charge is 2.12. The van der Waals surface area contributed by atoms with Crippen molar-refractivity contribution < 1.29 is 18.6 Å². The van der Waals surface area contributed by atoms with Crippen LogP contribution in [0.3, 0.4) is 0 Å². The molecule has 0 aliphatic heterocycles. The lowest BCUT2D eigenvalue weighted by atomic mass is 10.1. The van der Waals surface area contributed by atoms with Gasteiger partial charge in [0.1, 0.15) is 5.75 Å². The summed E-state index contributed by atoms with van der Waals surface area (Å²) in [5.41, 5.74) is 1.32. The van der Waals surface area contributed by atoms with Gasteiger partial charge in [-0.05, 0) is 24.6 Å². The Balaban J connectivity index is 2.08. The Bertz CT molecular complexity index is 545. The maximum absolute atomic E-state index is 12.1. The number of aliphatic hydroxyl groups excluding tert-OH is 1. The maximum Gasteiger partial charge on any atom is 0.387 e. The lowest BCUT2D eigenvalue weighted by Crippen LogP contribution is -2.05. The normalized spacial score (nSPS) is 12.7. The van der Waals surface area contributed by atoms with Crippen molar-refractivity contribution in [2.24, 2.45) is 0 Å². The molecule has 0 spiro atoms. The fourth-order valence-corrected chi connectivity index (χ4v) is 2.34. The zero-order valence-electron chi connectivity index (χ0n) is 10.2. The van der Waals surface area contributed by atoms with Crippen molar-refractivity contribution in [3.8, 4) is 5.75 Å². The topological polar surface area (TPSA) is 42.4 Å². The molecule has 0 fully saturated rings. The Morgan fingerprint density at radius 3 is 2.84 bits per heavy atom. The van der Waals surface area contributed by atoms with Crippen molar-refractivity contribution in [2.45, 2.75) is 26.1 Å². The fourth-order valence-electron chi connectivity index (χ4n) is 1.72. The Labute approximate surface area is 113 Å². The molecular formula is C13H13F2NO2S. The van der Waals surface area contributed by atoms with Crippen LogP contribution in [-0.2, 0) is 6.42 Å². The summed E-state index contributed by atoms with van der Waals surface area (Å²) in [6.45, 7) is -0.980. The summed E-state index contributed by atoms with van der Waals surface area (Å²) in [5, 5.41) is 12.9. The van der Waals surface area contributed by atoms with Crippen molar-refractivity contribution in [1.82, 2.24) is 4.98 Å². The van der Waals surface area contributed by atoms with Crippen molar-refractivity contribution in [3.63, 3.8) is 0 Å². The van der Waals surface area contributed by atoms with Gasteiger partial charge in [-0.15, -0.1) is 11.3 Å². The first-order valence-electron chi connectivity index (χ1n) is 5.68. The minimum Gasteiger partial charge on any atom is -0.435 e. The minimum atomic E-state index is -2.87. The van der Waals surface area contributed by atoms with Crippen LogP contribution in [-0.4, -0.2) is 16.7 Å². The third-order valence-corrected chi connectivity index (χ3v) is 3.36. The molecule has 0 radical (unpaired) electrons. The second-order valence-electron chi connectivity index (χ2n) is 4.03. The molecule has 1 aromatic carbocycles. The monoisotopic (exact) mass is 285 g/mol. The molecule has 0 saturated heterocycles. The average molecular weight is 285 g/mol. The molecule has 3 nitrogen and oxygen atoms in total. The molecule has 0 bridgehead atoms. The van der Waals surface area contributed by atoms with Gasteiger partial charge in [-0.3, -0.25) is 0 Å². The highest BCUT2D eigenvalue weighted by Crippen LogP contribution is 2.24. The summed E-state index contributed by atoms with van der Waals surface area (Å²) in [7, 11) is 0. The van der Waals surface area contributed by atoms with E-state index in [2.05, 4.69) is 9.72 Å². The number of hydrogen-bond acceptors (Lipinski definition) is 4. The van der Waals surface area contributed by atoms with Gasteiger partial charge < -0.3 is 9.84 Å². The lowest BCUT2D eigenvalue weighted by Gasteiger charge is -2.11. The highest BCUT2D eigenvalue weighted by molar-refractivity contribution is 7.09. The van der Waals surface area contributed by atoms with E-state index in [0.717, 1.165) is 10.7 Å². The summed E-state index contributed by atoms with van der Waals surface area (Å²) in [5.74, 6) is 0.0426. The minimum absolute atomic E-state index is 0.0426. The third-order valence-electron chi connectivity index (χ3n) is 2.54. The Morgan fingerprint density at radius 2 is 2.21 bits per heavy atom. The first kappa shape index (κ1) is 13.9. The number of hydrogen-bond donors (Lipinski definition) is 1. The number of rotatable bonds is 5. The van der Waals surface area contributed by atoms with Gasteiger partial charge in [-0.2, -0.15) is 8.78 Å². The number of aliphatic hydroxyl groups is 1. The second kappa shape index (κ2) is 6.08. The van der Waals surface area contributed by atoms with Crippen LogP contribution in [0.1, 0.15) is 22.4 Å². The molecule has 1 unspecified atom stereocenters. The van der Waals surface area contributed by atoms with Gasteiger partial charge in [0.2, 0.25) is 0 Å². The molecule has 2 aromatic rings. The lowest BCUT2D eigenvalue weighted by molar-refractivity contribution is -0.0499. The van der Waals surface area contributed by atoms with Crippen LogP contribution >= 0.6 is 11.3 Å². The number of thiazole rings is 1. The highest BCUT2D eigenvalue weighted by atomic mass is 32.1. The van der Waals surface area contributed by atoms with Gasteiger partial charge >= 0.3 is 6.61 Å². The van der Waals surface area contributed by atoms with Crippen LogP contribution in [0.2, 0.25) is 0 Å². The number of alkyl halides is 2. The van der Waals surface area contributed by atoms with E-state index in [0.29, 0.717) is 12.0 Å². The predicted octanol–water partition coefficient (Wildman–Crippen LogP) is 3.33. The van der Waals surface area contributed by atoms with Crippen LogP contribution in [0.25, 0.3) is 0 Å². The van der Waals surface area contributed by atoms with Crippen molar-refractivity contribution in [1.29, 1.82) is 0 Å². The molecule has 6 heteroatoms. The molecule has 1 aromatic heterocycles. The zero-order valence-corrected chi connectivity index (χ0v) is 11.0. The number of ether oxygens (including phenoxy) is 1. The van der Waals surface area contributed by atoms with Crippen LogP contribution < -0.4 is 4.74 Å². The Hall–Kier alpha value is -1.53. The molecule has 1 atom stereocenters. The molecule has 19 heavy (non-hydrogen) atoms. The largest absolute Gasteiger partial charge is 0.435 e. The van der Waals surface area contributed by atoms with E-state index in [1.165, 1.54) is 23.5 Å². The van der Waals surface area contributed by atoms with Crippen molar-refractivity contribution >= 4 is 11.3 Å². The Kier molecular flexibility index (Phi) is 4.44. The fraction of sp³-hybridized carbons (Fsp3) is 0.308.